The van der Waals surface area contributed by atoms with E-state index in [1.54, 1.807) is 27.8 Å². The van der Waals surface area contributed by atoms with Crippen LogP contribution in [-0.2, 0) is 9.53 Å². The van der Waals surface area contributed by atoms with Crippen LogP contribution in [0.15, 0.2) is 0 Å². The second kappa shape index (κ2) is 4.40. The number of Topliss-reactive ketones (excluding diaryl/α,β-unsaturated/α-hetero) is 1. The summed E-state index contributed by atoms with van der Waals surface area (Å²) in [5.74, 6) is 2.25. The highest BCUT2D eigenvalue weighted by Gasteiger charge is 2.54. The molecule has 1 saturated carbocycles. The molecule has 1 fully saturated rings. The van der Waals surface area contributed by atoms with Crippen LogP contribution in [0.25, 0.3) is 0 Å². The Morgan fingerprint density at radius 2 is 1.94 bits per heavy atom. The van der Waals surface area contributed by atoms with Crippen LogP contribution in [0, 0.1) is 12.3 Å². The van der Waals surface area contributed by atoms with E-state index in [1.807, 2.05) is 0 Å². The lowest BCUT2D eigenvalue weighted by molar-refractivity contribution is -0.124. The lowest BCUT2D eigenvalue weighted by Gasteiger charge is -2.29. The first kappa shape index (κ1) is 13.6. The lowest BCUT2D eigenvalue weighted by Crippen LogP contribution is -2.46. The fourth-order valence-corrected chi connectivity index (χ4v) is 1.68. The number of likely N-dealkylation sites (N-methyl/N-ethyl adjacent to an activating group) is 1. The van der Waals surface area contributed by atoms with E-state index in [2.05, 4.69) is 5.92 Å². The quantitative estimate of drug-likeness (QED) is 0.705. The van der Waals surface area contributed by atoms with Crippen LogP contribution in [0.3, 0.4) is 0 Å². The summed E-state index contributed by atoms with van der Waals surface area (Å²) in [7, 11) is 1.59. The molecule has 0 atom stereocenters. The number of nitrogens with zero attached hydrogens (tertiary/aromatic N) is 1. The van der Waals surface area contributed by atoms with Crippen molar-refractivity contribution in [1.29, 1.82) is 0 Å². The summed E-state index contributed by atoms with van der Waals surface area (Å²) >= 11 is 0. The first-order chi connectivity index (χ1) is 7.73. The van der Waals surface area contributed by atoms with Gasteiger partial charge in [-0.25, -0.2) is 4.79 Å². The maximum atomic E-state index is 11.9. The van der Waals surface area contributed by atoms with Gasteiger partial charge in [0, 0.05) is 7.05 Å². The minimum absolute atomic E-state index is 0.0626. The first-order valence-electron chi connectivity index (χ1n) is 5.66. The Balaban J connectivity index is 2.71. The maximum absolute atomic E-state index is 11.9. The number of ketones is 1. The minimum Gasteiger partial charge on any atom is -0.444 e. The summed E-state index contributed by atoms with van der Waals surface area (Å²) < 4.78 is 5.24. The number of ether oxygens (including phenoxy) is 1. The van der Waals surface area contributed by atoms with Crippen molar-refractivity contribution in [2.45, 2.75) is 51.2 Å². The summed E-state index contributed by atoms with van der Waals surface area (Å²) in [6, 6.07) is 0. The molecule has 0 aromatic heterocycles. The average molecular weight is 237 g/mol. The van der Waals surface area contributed by atoms with Gasteiger partial charge in [0.2, 0.25) is 0 Å². The van der Waals surface area contributed by atoms with Gasteiger partial charge in [-0.1, -0.05) is 5.92 Å². The predicted molar refractivity (Wildman–Crippen MR) is 64.4 cm³/mol. The Morgan fingerprint density at radius 1 is 1.41 bits per heavy atom. The van der Waals surface area contributed by atoms with E-state index in [-0.39, 0.29) is 12.2 Å². The summed E-state index contributed by atoms with van der Waals surface area (Å²) in [5, 5.41) is 0. The molecule has 0 saturated heterocycles. The van der Waals surface area contributed by atoms with Gasteiger partial charge in [-0.2, -0.15) is 0 Å². The smallest absolute Gasteiger partial charge is 0.410 e. The van der Waals surface area contributed by atoms with Crippen molar-refractivity contribution in [2.24, 2.45) is 0 Å². The maximum Gasteiger partial charge on any atom is 0.410 e. The largest absolute Gasteiger partial charge is 0.444 e. The summed E-state index contributed by atoms with van der Waals surface area (Å²) in [4.78, 5) is 25.1. The van der Waals surface area contributed by atoms with Gasteiger partial charge in [-0.05, 0) is 33.6 Å². The molecule has 1 aliphatic rings. The van der Waals surface area contributed by atoms with E-state index in [0.29, 0.717) is 12.8 Å². The predicted octanol–water partition coefficient (Wildman–Crippen LogP) is 1.98. The third kappa shape index (κ3) is 3.00. The normalized spacial score (nSPS) is 16.9. The first-order valence-corrected chi connectivity index (χ1v) is 5.66. The molecular formula is C13H19NO3. The lowest BCUT2D eigenvalue weighted by atomic mass is 10.1. The van der Waals surface area contributed by atoms with Gasteiger partial charge in [0.05, 0.1) is 6.42 Å². The van der Waals surface area contributed by atoms with E-state index in [9.17, 15) is 9.59 Å². The number of carbonyl (C=O) groups is 2. The Bertz CT molecular complexity index is 369. The molecule has 1 rings (SSSR count). The number of hydrogen-bond donors (Lipinski definition) is 0. The van der Waals surface area contributed by atoms with Gasteiger partial charge in [0.15, 0.2) is 5.78 Å². The zero-order valence-electron chi connectivity index (χ0n) is 10.9. The van der Waals surface area contributed by atoms with Crippen molar-refractivity contribution in [3.63, 3.8) is 0 Å². The number of amides is 1. The SMILES string of the molecule is C#CCC(=O)C1(N(C)C(=O)OC(C)(C)C)CC1. The molecule has 17 heavy (non-hydrogen) atoms. The molecule has 0 radical (unpaired) electrons. The second-order valence-electron chi connectivity index (χ2n) is 5.38. The highest BCUT2D eigenvalue weighted by atomic mass is 16.6. The van der Waals surface area contributed by atoms with Gasteiger partial charge in [0.25, 0.3) is 0 Å². The van der Waals surface area contributed by atoms with Crippen LogP contribution in [-0.4, -0.2) is 35.0 Å². The van der Waals surface area contributed by atoms with E-state index < -0.39 is 17.2 Å². The summed E-state index contributed by atoms with van der Waals surface area (Å²) in [6.45, 7) is 5.38. The van der Waals surface area contributed by atoms with E-state index in [1.165, 1.54) is 4.90 Å². The molecule has 0 aromatic rings. The third-order valence-electron chi connectivity index (χ3n) is 2.81. The van der Waals surface area contributed by atoms with Crippen LogP contribution >= 0.6 is 0 Å². The second-order valence-corrected chi connectivity index (χ2v) is 5.38. The van der Waals surface area contributed by atoms with Crippen molar-refractivity contribution >= 4 is 11.9 Å². The van der Waals surface area contributed by atoms with Crippen molar-refractivity contribution in [3.8, 4) is 12.3 Å². The molecule has 1 aliphatic carbocycles. The molecule has 0 heterocycles. The summed E-state index contributed by atoms with van der Waals surface area (Å²) in [6.07, 6.45) is 6.06. The van der Waals surface area contributed by atoms with Gasteiger partial charge < -0.3 is 4.74 Å². The number of terminal acetylenes is 1. The fourth-order valence-electron chi connectivity index (χ4n) is 1.68. The Kier molecular flexibility index (Phi) is 3.51. The number of carbonyl (C=O) groups excluding carboxylic acids is 2. The van der Waals surface area contributed by atoms with Crippen molar-refractivity contribution in [1.82, 2.24) is 4.90 Å². The third-order valence-corrected chi connectivity index (χ3v) is 2.81. The zero-order valence-corrected chi connectivity index (χ0v) is 10.9. The van der Waals surface area contributed by atoms with Crippen LogP contribution in [0.4, 0.5) is 4.79 Å². The Labute approximate surface area is 102 Å². The molecule has 94 valence electrons. The zero-order chi connectivity index (χ0) is 13.3. The van der Waals surface area contributed by atoms with Crippen LogP contribution in [0.5, 0.6) is 0 Å². The van der Waals surface area contributed by atoms with Gasteiger partial charge in [-0.3, -0.25) is 9.69 Å². The molecule has 0 aromatic carbocycles. The molecule has 4 heteroatoms. The van der Waals surface area contributed by atoms with E-state index in [0.717, 1.165) is 0 Å². The topological polar surface area (TPSA) is 46.6 Å². The highest BCUT2D eigenvalue weighted by Crippen LogP contribution is 2.43. The number of rotatable bonds is 3. The van der Waals surface area contributed by atoms with Crippen molar-refractivity contribution < 1.29 is 14.3 Å². The van der Waals surface area contributed by atoms with Crippen LogP contribution < -0.4 is 0 Å². The van der Waals surface area contributed by atoms with Gasteiger partial charge in [-0.15, -0.1) is 6.42 Å². The Morgan fingerprint density at radius 3 is 2.29 bits per heavy atom. The Hall–Kier alpha value is -1.50. The van der Waals surface area contributed by atoms with Gasteiger partial charge in [0.1, 0.15) is 11.1 Å². The van der Waals surface area contributed by atoms with E-state index in [4.69, 9.17) is 11.2 Å². The van der Waals surface area contributed by atoms with E-state index >= 15 is 0 Å². The monoisotopic (exact) mass is 237 g/mol. The molecular weight excluding hydrogens is 218 g/mol. The molecule has 0 aliphatic heterocycles. The summed E-state index contributed by atoms with van der Waals surface area (Å²) in [5.41, 5.74) is -1.27. The van der Waals surface area contributed by atoms with Crippen molar-refractivity contribution in [3.05, 3.63) is 0 Å². The van der Waals surface area contributed by atoms with Crippen molar-refractivity contribution in [2.75, 3.05) is 7.05 Å². The van der Waals surface area contributed by atoms with Crippen LogP contribution in [0.1, 0.15) is 40.0 Å². The average Bonchev–Trinajstić information content (AvgIpc) is 2.95. The highest BCUT2D eigenvalue weighted by molar-refractivity contribution is 5.95. The molecule has 0 unspecified atom stereocenters. The molecule has 4 nitrogen and oxygen atoms in total. The number of hydrogen-bond acceptors (Lipinski definition) is 3. The molecule has 0 bridgehead atoms. The minimum atomic E-state index is -0.714. The van der Waals surface area contributed by atoms with Gasteiger partial charge >= 0.3 is 6.09 Å². The van der Waals surface area contributed by atoms with Crippen LogP contribution in [0.2, 0.25) is 0 Å². The molecule has 0 spiro atoms. The molecule has 1 amide bonds. The molecule has 0 N–H and O–H groups in total. The fraction of sp³-hybridized carbons (Fsp3) is 0.692. The standard InChI is InChI=1S/C13H19NO3/c1-6-7-10(15)13(8-9-13)14(5)11(16)17-12(2,3)4/h1H,7-9H2,2-5H3.